The van der Waals surface area contributed by atoms with Crippen LogP contribution in [0.25, 0.3) is 11.5 Å². The van der Waals surface area contributed by atoms with Crippen LogP contribution in [0.4, 0.5) is 17.2 Å². The van der Waals surface area contributed by atoms with E-state index in [2.05, 4.69) is 36.4 Å². The molecule has 0 saturated heterocycles. The van der Waals surface area contributed by atoms with Gasteiger partial charge in [-0.2, -0.15) is 0 Å². The van der Waals surface area contributed by atoms with Gasteiger partial charge in [0.25, 0.3) is 5.91 Å². The quantitative estimate of drug-likeness (QED) is 0.172. The van der Waals surface area contributed by atoms with Crippen LogP contribution in [-0.4, -0.2) is 89.0 Å². The lowest BCUT2D eigenvalue weighted by molar-refractivity contribution is -0.121. The van der Waals surface area contributed by atoms with Gasteiger partial charge in [0.1, 0.15) is 5.76 Å². The maximum Gasteiger partial charge on any atom is 0.272 e. The Kier molecular flexibility index (Phi) is 9.33. The Morgan fingerprint density at radius 3 is 2.59 bits per heavy atom. The number of nitrogens with zero attached hydrogens (tertiary/aromatic N) is 3. The molecule has 3 aromatic rings. The standard InChI is InChI=1S/C25H26B3N7O6/c1-39-9-8-29-19(36)10-14-12-30-24(41-14)15-4-3-5-16(21(15)40-2)31-17-11-18(32-22(37)13-6-7-13)34-35-20(17)23(38)33-25(26,27)28/h3-5,11-13H,6-10H2,1-2H3,(H,29,36)(H,33,38)(H2,31,32,34,37). The third-order valence-corrected chi connectivity index (χ3v) is 5.77. The number of methoxy groups -OCH3 is 2. The van der Waals surface area contributed by atoms with Gasteiger partial charge in [-0.05, 0) is 25.0 Å². The number of nitrogens with one attached hydrogen (secondary N) is 4. The molecule has 2 heterocycles. The van der Waals surface area contributed by atoms with Gasteiger partial charge in [0.15, 0.2) is 17.3 Å². The first-order valence-corrected chi connectivity index (χ1v) is 12.6. The molecule has 0 spiro atoms. The summed E-state index contributed by atoms with van der Waals surface area (Å²) < 4.78 is 16.4. The first-order chi connectivity index (χ1) is 19.6. The van der Waals surface area contributed by atoms with E-state index < -0.39 is 11.1 Å². The minimum absolute atomic E-state index is 0.0155. The number of ether oxygens (including phenoxy) is 2. The predicted molar refractivity (Wildman–Crippen MR) is 151 cm³/mol. The van der Waals surface area contributed by atoms with Gasteiger partial charge in [0.2, 0.25) is 17.7 Å². The fourth-order valence-corrected chi connectivity index (χ4v) is 3.74. The number of para-hydroxylation sites is 1. The van der Waals surface area contributed by atoms with Crippen LogP contribution in [0.5, 0.6) is 5.75 Å². The van der Waals surface area contributed by atoms with Crippen LogP contribution < -0.4 is 26.0 Å². The molecule has 1 aliphatic carbocycles. The molecule has 4 N–H and O–H groups in total. The highest BCUT2D eigenvalue weighted by atomic mass is 16.5. The third kappa shape index (κ3) is 8.10. The second kappa shape index (κ2) is 12.9. The van der Waals surface area contributed by atoms with E-state index >= 15 is 0 Å². The fraction of sp³-hybridized carbons (Fsp3) is 0.360. The highest BCUT2D eigenvalue weighted by Crippen LogP contribution is 2.38. The maximum atomic E-state index is 12.9. The number of carbonyl (C=O) groups is 3. The number of aromatic nitrogens is 3. The molecule has 6 radical (unpaired) electrons. The second-order valence-corrected chi connectivity index (χ2v) is 9.31. The molecule has 1 fully saturated rings. The lowest BCUT2D eigenvalue weighted by Crippen LogP contribution is -2.50. The van der Waals surface area contributed by atoms with E-state index in [4.69, 9.17) is 37.4 Å². The molecule has 0 bridgehead atoms. The zero-order chi connectivity index (χ0) is 29.6. The van der Waals surface area contributed by atoms with Crippen LogP contribution in [0.15, 0.2) is 34.9 Å². The van der Waals surface area contributed by atoms with E-state index in [9.17, 15) is 14.4 Å². The predicted octanol–water partition coefficient (Wildman–Crippen LogP) is 0.384. The zero-order valence-electron chi connectivity index (χ0n) is 22.5. The molecule has 1 aliphatic rings. The number of hydrogen-bond donors (Lipinski definition) is 4. The summed E-state index contributed by atoms with van der Waals surface area (Å²) in [5, 5.41) is 16.6. The summed E-state index contributed by atoms with van der Waals surface area (Å²) in [6, 6.07) is 6.53. The van der Waals surface area contributed by atoms with Crippen molar-refractivity contribution in [2.24, 2.45) is 5.92 Å². The average Bonchev–Trinajstić information content (AvgIpc) is 3.67. The fourth-order valence-electron chi connectivity index (χ4n) is 3.74. The summed E-state index contributed by atoms with van der Waals surface area (Å²) in [7, 11) is 19.6. The van der Waals surface area contributed by atoms with Crippen LogP contribution in [0, 0.1) is 5.92 Å². The number of benzene rings is 1. The Morgan fingerprint density at radius 1 is 1.12 bits per heavy atom. The largest absolute Gasteiger partial charge is 0.494 e. The third-order valence-electron chi connectivity index (χ3n) is 5.77. The number of hydrogen-bond acceptors (Lipinski definition) is 10. The van der Waals surface area contributed by atoms with Gasteiger partial charge < -0.3 is 35.2 Å². The first kappa shape index (κ1) is 29.7. The first-order valence-electron chi connectivity index (χ1n) is 12.6. The van der Waals surface area contributed by atoms with Crippen LogP contribution >= 0.6 is 0 Å². The molecular formula is C25H26B3N7O6. The van der Waals surface area contributed by atoms with E-state index in [1.807, 2.05) is 0 Å². The van der Waals surface area contributed by atoms with Gasteiger partial charge in [0.05, 0.1) is 66.8 Å². The van der Waals surface area contributed by atoms with Gasteiger partial charge >= 0.3 is 0 Å². The Bertz CT molecular complexity index is 1420. The van der Waals surface area contributed by atoms with Gasteiger partial charge in [-0.25, -0.2) is 4.98 Å². The summed E-state index contributed by atoms with van der Waals surface area (Å²) in [6.45, 7) is 0.761. The second-order valence-electron chi connectivity index (χ2n) is 9.31. The molecule has 1 aromatic carbocycles. The van der Waals surface area contributed by atoms with Crippen molar-refractivity contribution in [3.8, 4) is 17.2 Å². The minimum Gasteiger partial charge on any atom is -0.494 e. The van der Waals surface area contributed by atoms with E-state index in [1.54, 1.807) is 25.3 Å². The van der Waals surface area contributed by atoms with Crippen LogP contribution in [-0.2, 0) is 20.7 Å². The molecule has 13 nitrogen and oxygen atoms in total. The summed E-state index contributed by atoms with van der Waals surface area (Å²) in [5.41, 5.74) is 0.793. The Morgan fingerprint density at radius 2 is 1.90 bits per heavy atom. The van der Waals surface area contributed by atoms with E-state index in [0.29, 0.717) is 35.9 Å². The van der Waals surface area contributed by atoms with Crippen LogP contribution in [0.2, 0.25) is 0 Å². The average molecular weight is 553 g/mol. The van der Waals surface area contributed by atoms with E-state index in [1.165, 1.54) is 19.4 Å². The number of carbonyl (C=O) groups excluding carboxylic acids is 3. The van der Waals surface area contributed by atoms with Crippen molar-refractivity contribution >= 4 is 58.5 Å². The molecule has 4 rings (SSSR count). The number of amides is 3. The van der Waals surface area contributed by atoms with E-state index in [0.717, 1.165) is 12.8 Å². The number of rotatable bonds is 13. The SMILES string of the molecule is [B]C([B])([B])NC(=O)c1nnc(NC(=O)C2CC2)cc1Nc1cccc(-c2ncc(CC(=O)NCCOC)o2)c1OC. The van der Waals surface area contributed by atoms with Crippen molar-refractivity contribution < 1.29 is 28.3 Å². The Labute approximate surface area is 240 Å². The summed E-state index contributed by atoms with van der Waals surface area (Å²) in [4.78, 5) is 41.6. The van der Waals surface area contributed by atoms with Gasteiger partial charge in [-0.1, -0.05) is 11.3 Å². The molecule has 41 heavy (non-hydrogen) atoms. The molecule has 206 valence electrons. The van der Waals surface area contributed by atoms with Gasteiger partial charge in [-0.15, -0.1) is 10.2 Å². The lowest BCUT2D eigenvalue weighted by atomic mass is 9.49. The molecule has 0 atom stereocenters. The molecule has 3 amide bonds. The number of oxazole rings is 1. The Balaban J connectivity index is 1.62. The van der Waals surface area contributed by atoms with Crippen LogP contribution in [0.3, 0.4) is 0 Å². The normalized spacial score (nSPS) is 12.8. The van der Waals surface area contributed by atoms with Crippen molar-refractivity contribution in [2.45, 2.75) is 24.5 Å². The van der Waals surface area contributed by atoms with Crippen molar-refractivity contribution in [3.05, 3.63) is 41.9 Å². The topological polar surface area (TPSA) is 170 Å². The monoisotopic (exact) mass is 553 g/mol. The smallest absolute Gasteiger partial charge is 0.272 e. The summed E-state index contributed by atoms with van der Waals surface area (Å²) in [6.07, 6.45) is 3.02. The highest BCUT2D eigenvalue weighted by Gasteiger charge is 2.30. The van der Waals surface area contributed by atoms with E-state index in [-0.39, 0.29) is 47.2 Å². The van der Waals surface area contributed by atoms with Gasteiger partial charge in [0, 0.05) is 25.6 Å². The highest BCUT2D eigenvalue weighted by molar-refractivity contribution is 6.60. The van der Waals surface area contributed by atoms with Gasteiger partial charge in [-0.3, -0.25) is 14.4 Å². The molecule has 0 aliphatic heterocycles. The summed E-state index contributed by atoms with van der Waals surface area (Å²) >= 11 is 0. The molecular weight excluding hydrogens is 527 g/mol. The minimum atomic E-state index is -2.02. The molecule has 1 saturated carbocycles. The van der Waals surface area contributed by atoms with Crippen molar-refractivity contribution in [1.29, 1.82) is 0 Å². The number of anilines is 3. The van der Waals surface area contributed by atoms with Crippen LogP contribution in [0.1, 0.15) is 29.1 Å². The van der Waals surface area contributed by atoms with Crippen molar-refractivity contribution in [1.82, 2.24) is 25.8 Å². The van der Waals surface area contributed by atoms with Crippen molar-refractivity contribution in [3.63, 3.8) is 0 Å². The molecule has 16 heteroatoms. The maximum absolute atomic E-state index is 12.9. The molecule has 0 unspecified atom stereocenters. The van der Waals surface area contributed by atoms with Crippen molar-refractivity contribution in [2.75, 3.05) is 38.0 Å². The zero-order valence-corrected chi connectivity index (χ0v) is 22.5. The lowest BCUT2D eigenvalue weighted by Gasteiger charge is -2.23. The molecule has 2 aromatic heterocycles. The Hall–Kier alpha value is -4.33. The summed E-state index contributed by atoms with van der Waals surface area (Å²) in [5.74, 6) is -0.362.